The van der Waals surface area contributed by atoms with Crippen LogP contribution in [0.4, 0.5) is 0 Å². The van der Waals surface area contributed by atoms with Gasteiger partial charge in [-0.25, -0.2) is 4.98 Å². The number of nitrogens with zero attached hydrogens (tertiary/aromatic N) is 2. The topological polar surface area (TPSA) is 57.2 Å². The fraction of sp³-hybridized carbons (Fsp3) is 0.176. The van der Waals surface area contributed by atoms with Gasteiger partial charge in [0.05, 0.1) is 6.42 Å². The van der Waals surface area contributed by atoms with E-state index < -0.39 is 6.29 Å². The molecule has 0 saturated carbocycles. The number of hydrogen-bond acceptors (Lipinski definition) is 3. The average molecular weight is 317 g/mol. The normalized spacial score (nSPS) is 10.7. The zero-order valence-electron chi connectivity index (χ0n) is 11.9. The molecule has 2 N–H and O–H groups in total. The first-order chi connectivity index (χ1) is 10.2. The van der Waals surface area contributed by atoms with Crippen molar-refractivity contribution in [3.63, 3.8) is 0 Å². The van der Waals surface area contributed by atoms with Gasteiger partial charge in [-0.1, -0.05) is 42.5 Å². The van der Waals surface area contributed by atoms with Crippen molar-refractivity contribution in [1.29, 1.82) is 0 Å². The molecule has 0 aliphatic carbocycles. The Morgan fingerprint density at radius 2 is 1.64 bits per heavy atom. The van der Waals surface area contributed by atoms with Crippen LogP contribution >= 0.6 is 0 Å². The van der Waals surface area contributed by atoms with Crippen LogP contribution in [0.1, 0.15) is 6.42 Å². The summed E-state index contributed by atoms with van der Waals surface area (Å²) < 4.78 is 2.02. The van der Waals surface area contributed by atoms with Crippen molar-refractivity contribution in [2.45, 2.75) is 19.3 Å². The van der Waals surface area contributed by atoms with Crippen molar-refractivity contribution in [2.24, 2.45) is 0 Å². The summed E-state index contributed by atoms with van der Waals surface area (Å²) in [7, 11) is 0. The van der Waals surface area contributed by atoms with Crippen LogP contribution in [0.15, 0.2) is 60.8 Å². The molecule has 0 bridgehead atoms. The van der Waals surface area contributed by atoms with Crippen molar-refractivity contribution >= 4 is 11.0 Å². The SMILES string of the molecule is OC(O)CC[n+]1cc(-c2ccccc2)nc2ccccc21.[Cl-]. The van der Waals surface area contributed by atoms with Gasteiger partial charge in [-0.2, -0.15) is 4.57 Å². The van der Waals surface area contributed by atoms with Crippen molar-refractivity contribution in [2.75, 3.05) is 0 Å². The standard InChI is InChI=1S/C17H17N2O2.ClH/c20-17(21)10-11-19-12-15(13-6-2-1-3-7-13)18-14-8-4-5-9-16(14)19;/h1-9,12,17,20-21H,10-11H2;1H/q+1;/p-1. The Kier molecular flexibility index (Phi) is 5.44. The maximum atomic E-state index is 9.10. The minimum Gasteiger partial charge on any atom is -1.00 e. The second kappa shape index (κ2) is 7.31. The molecule has 4 nitrogen and oxygen atoms in total. The zero-order chi connectivity index (χ0) is 14.7. The average Bonchev–Trinajstić information content (AvgIpc) is 2.53. The number of aliphatic hydroxyl groups is 2. The van der Waals surface area contributed by atoms with Gasteiger partial charge in [0.15, 0.2) is 19.0 Å². The number of aryl methyl sites for hydroxylation is 1. The lowest BCUT2D eigenvalue weighted by Gasteiger charge is -2.06. The van der Waals surface area contributed by atoms with E-state index in [9.17, 15) is 0 Å². The predicted molar refractivity (Wildman–Crippen MR) is 80.2 cm³/mol. The molecule has 1 aromatic heterocycles. The van der Waals surface area contributed by atoms with Crippen LogP contribution in [0.3, 0.4) is 0 Å². The number of aliphatic hydroxyl groups excluding tert-OH is 1. The Morgan fingerprint density at radius 1 is 0.955 bits per heavy atom. The molecular weight excluding hydrogens is 300 g/mol. The molecule has 0 atom stereocenters. The largest absolute Gasteiger partial charge is 1.00 e. The molecule has 22 heavy (non-hydrogen) atoms. The van der Waals surface area contributed by atoms with Crippen LogP contribution in [0, 0.1) is 0 Å². The molecule has 0 spiro atoms. The third kappa shape index (κ3) is 3.60. The number of halogens is 1. The van der Waals surface area contributed by atoms with Gasteiger partial charge in [0.25, 0.3) is 0 Å². The summed E-state index contributed by atoms with van der Waals surface area (Å²) in [6.45, 7) is 0.528. The summed E-state index contributed by atoms with van der Waals surface area (Å²) in [5, 5.41) is 18.2. The Bertz CT molecular complexity index is 748. The molecule has 1 heterocycles. The maximum Gasteiger partial charge on any atom is 0.231 e. The van der Waals surface area contributed by atoms with Crippen molar-refractivity contribution < 1.29 is 27.2 Å². The van der Waals surface area contributed by atoms with Crippen molar-refractivity contribution in [3.8, 4) is 11.3 Å². The first kappa shape index (κ1) is 16.4. The second-order valence-electron chi connectivity index (χ2n) is 4.94. The lowest BCUT2D eigenvalue weighted by atomic mass is 10.1. The monoisotopic (exact) mass is 316 g/mol. The van der Waals surface area contributed by atoms with E-state index in [0.717, 1.165) is 22.3 Å². The molecule has 0 fully saturated rings. The highest BCUT2D eigenvalue weighted by Crippen LogP contribution is 2.17. The molecule has 3 aromatic rings. The Morgan fingerprint density at radius 3 is 2.36 bits per heavy atom. The van der Waals surface area contributed by atoms with Crippen LogP contribution < -0.4 is 17.0 Å². The van der Waals surface area contributed by atoms with Crippen LogP contribution in [0.2, 0.25) is 0 Å². The third-order valence-electron chi connectivity index (χ3n) is 3.41. The lowest BCUT2D eigenvalue weighted by molar-refractivity contribution is -0.673. The number of aromatic nitrogens is 2. The highest BCUT2D eigenvalue weighted by molar-refractivity contribution is 5.73. The van der Waals surface area contributed by atoms with E-state index in [4.69, 9.17) is 10.2 Å². The molecule has 0 aliphatic heterocycles. The van der Waals surface area contributed by atoms with E-state index in [-0.39, 0.29) is 18.8 Å². The molecular formula is C17H17ClN2O2. The van der Waals surface area contributed by atoms with E-state index in [1.807, 2.05) is 65.4 Å². The Labute approximate surface area is 135 Å². The summed E-state index contributed by atoms with van der Waals surface area (Å²) in [5.41, 5.74) is 3.80. The van der Waals surface area contributed by atoms with Gasteiger partial charge >= 0.3 is 0 Å². The third-order valence-corrected chi connectivity index (χ3v) is 3.41. The van der Waals surface area contributed by atoms with Crippen molar-refractivity contribution in [3.05, 3.63) is 60.8 Å². The van der Waals surface area contributed by atoms with Gasteiger partial charge in [-0.3, -0.25) is 0 Å². The summed E-state index contributed by atoms with van der Waals surface area (Å²) in [6, 6.07) is 17.8. The van der Waals surface area contributed by atoms with Gasteiger partial charge in [0.1, 0.15) is 11.2 Å². The summed E-state index contributed by atoms with van der Waals surface area (Å²) in [5.74, 6) is 0. The van der Waals surface area contributed by atoms with Crippen LogP contribution in [-0.2, 0) is 6.54 Å². The van der Waals surface area contributed by atoms with Gasteiger partial charge in [-0.15, -0.1) is 0 Å². The van der Waals surface area contributed by atoms with Crippen LogP contribution in [0.25, 0.3) is 22.3 Å². The molecule has 0 unspecified atom stereocenters. The number of rotatable bonds is 4. The Balaban J connectivity index is 0.00000176. The lowest BCUT2D eigenvalue weighted by Crippen LogP contribution is -3.00. The van der Waals surface area contributed by atoms with E-state index in [0.29, 0.717) is 6.54 Å². The maximum absolute atomic E-state index is 9.10. The Hall–Kier alpha value is -2.01. The van der Waals surface area contributed by atoms with Gasteiger partial charge in [0.2, 0.25) is 5.52 Å². The minimum atomic E-state index is -1.30. The molecule has 3 rings (SSSR count). The molecule has 0 amide bonds. The number of hydrogen-bond donors (Lipinski definition) is 2. The number of para-hydroxylation sites is 2. The number of benzene rings is 2. The van der Waals surface area contributed by atoms with E-state index in [2.05, 4.69) is 4.98 Å². The molecule has 0 aliphatic rings. The van der Waals surface area contributed by atoms with E-state index >= 15 is 0 Å². The zero-order valence-corrected chi connectivity index (χ0v) is 12.7. The molecule has 5 heteroatoms. The van der Waals surface area contributed by atoms with Gasteiger partial charge in [0, 0.05) is 11.6 Å². The first-order valence-electron chi connectivity index (χ1n) is 6.95. The highest BCUT2D eigenvalue weighted by Gasteiger charge is 2.14. The fourth-order valence-electron chi connectivity index (χ4n) is 2.36. The number of fused-ring (bicyclic) bond motifs is 1. The van der Waals surface area contributed by atoms with Crippen LogP contribution in [-0.4, -0.2) is 21.5 Å². The molecule has 114 valence electrons. The first-order valence-corrected chi connectivity index (χ1v) is 6.95. The van der Waals surface area contributed by atoms with Gasteiger partial charge < -0.3 is 22.6 Å². The predicted octanol–water partition coefficient (Wildman–Crippen LogP) is -1.11. The summed E-state index contributed by atoms with van der Waals surface area (Å²) in [6.07, 6.45) is 0.942. The molecule has 0 radical (unpaired) electrons. The highest BCUT2D eigenvalue weighted by atomic mass is 35.5. The van der Waals surface area contributed by atoms with E-state index in [1.54, 1.807) is 0 Å². The van der Waals surface area contributed by atoms with Gasteiger partial charge in [-0.05, 0) is 6.07 Å². The fourth-order valence-corrected chi connectivity index (χ4v) is 2.36. The quantitative estimate of drug-likeness (QED) is 0.474. The summed E-state index contributed by atoms with van der Waals surface area (Å²) in [4.78, 5) is 4.69. The van der Waals surface area contributed by atoms with Crippen molar-refractivity contribution in [1.82, 2.24) is 4.98 Å². The minimum absolute atomic E-state index is 0. The molecule has 2 aromatic carbocycles. The second-order valence-corrected chi connectivity index (χ2v) is 4.94. The van der Waals surface area contributed by atoms with E-state index in [1.165, 1.54) is 0 Å². The molecule has 0 saturated heterocycles. The van der Waals surface area contributed by atoms with Crippen LogP contribution in [0.5, 0.6) is 0 Å². The smallest absolute Gasteiger partial charge is 0.231 e. The summed E-state index contributed by atoms with van der Waals surface area (Å²) >= 11 is 0.